The van der Waals surface area contributed by atoms with E-state index in [0.717, 1.165) is 11.1 Å². The third-order valence-corrected chi connectivity index (χ3v) is 6.16. The highest BCUT2D eigenvalue weighted by molar-refractivity contribution is 7.90. The number of hydrogen-bond donors (Lipinski definition) is 3. The van der Waals surface area contributed by atoms with Gasteiger partial charge in [0.1, 0.15) is 0 Å². The van der Waals surface area contributed by atoms with Crippen molar-refractivity contribution in [3.05, 3.63) is 86.7 Å². The number of halogens is 1. The quantitative estimate of drug-likeness (QED) is 0.483. The predicted octanol–water partition coefficient (Wildman–Crippen LogP) is 4.59. The number of rotatable bonds is 6. The molecule has 0 saturated carbocycles. The van der Waals surface area contributed by atoms with Gasteiger partial charge >= 0.3 is 0 Å². The molecular weight excluding hydrogens is 422 g/mol. The summed E-state index contributed by atoms with van der Waals surface area (Å²) in [5.41, 5.74) is 5.33. The lowest BCUT2D eigenvalue weighted by Gasteiger charge is -2.16. The number of para-hydroxylation sites is 1. The van der Waals surface area contributed by atoms with Crippen molar-refractivity contribution in [2.75, 3.05) is 4.72 Å². The molecule has 158 valence electrons. The summed E-state index contributed by atoms with van der Waals surface area (Å²) in [5.74, 6) is -0.455. The minimum atomic E-state index is -3.93. The Balaban J connectivity index is 2.05. The summed E-state index contributed by atoms with van der Waals surface area (Å²) in [6.45, 7) is 7.55. The van der Waals surface area contributed by atoms with E-state index in [9.17, 15) is 13.2 Å². The number of ketones is 1. The molecule has 0 saturated heterocycles. The maximum atomic E-state index is 13.2. The second kappa shape index (κ2) is 8.26. The fourth-order valence-corrected chi connectivity index (χ4v) is 4.40. The van der Waals surface area contributed by atoms with Gasteiger partial charge in [-0.3, -0.25) is 9.52 Å². The van der Waals surface area contributed by atoms with Crippen LogP contribution >= 0.6 is 11.6 Å². The Kier molecular flexibility index (Phi) is 6.08. The van der Waals surface area contributed by atoms with Crippen molar-refractivity contribution in [3.63, 3.8) is 0 Å². The van der Waals surface area contributed by atoms with Crippen LogP contribution in [0.2, 0.25) is 5.02 Å². The van der Waals surface area contributed by atoms with Crippen LogP contribution in [0, 0.1) is 20.8 Å². The van der Waals surface area contributed by atoms with Crippen molar-refractivity contribution in [2.45, 2.75) is 33.6 Å². The molecule has 0 spiro atoms. The molecule has 6 nitrogen and oxygen atoms in total. The van der Waals surface area contributed by atoms with Crippen LogP contribution in [0.3, 0.4) is 0 Å². The molecule has 0 aliphatic rings. The number of aromatic amines is 1. The second-order valence-corrected chi connectivity index (χ2v) is 9.13. The molecule has 0 fully saturated rings. The molecule has 3 aromatic rings. The summed E-state index contributed by atoms with van der Waals surface area (Å²) in [4.78, 5) is 16.4. The van der Waals surface area contributed by atoms with Crippen LogP contribution in [-0.2, 0) is 10.2 Å². The molecular formula is C22H24ClN3O3S. The van der Waals surface area contributed by atoms with Crippen LogP contribution in [0.4, 0.5) is 5.69 Å². The molecule has 8 heteroatoms. The Morgan fingerprint density at radius 1 is 1.13 bits per heavy atom. The van der Waals surface area contributed by atoms with Gasteiger partial charge in [-0.25, -0.2) is 5.14 Å². The van der Waals surface area contributed by atoms with Gasteiger partial charge in [0, 0.05) is 17.2 Å². The number of aryl methyl sites for hydroxylation is 2. The molecule has 0 bridgehead atoms. The van der Waals surface area contributed by atoms with Gasteiger partial charge in [-0.2, -0.15) is 8.42 Å². The summed E-state index contributed by atoms with van der Waals surface area (Å²) in [7, 11) is -3.93. The fourth-order valence-electron chi connectivity index (χ4n) is 3.60. The SMILES string of the molecule is Cc1ccc(C(=O)c2[nH]c(C(C)c3ccccc3NS(N)(=O)=O)c(Cl)c2C)c(C)c1. The molecule has 0 amide bonds. The van der Waals surface area contributed by atoms with E-state index in [4.69, 9.17) is 16.7 Å². The van der Waals surface area contributed by atoms with Gasteiger partial charge < -0.3 is 4.98 Å². The van der Waals surface area contributed by atoms with E-state index in [2.05, 4.69) is 9.71 Å². The molecule has 1 aromatic heterocycles. The number of aromatic nitrogens is 1. The third-order valence-electron chi connectivity index (χ3n) is 5.17. The predicted molar refractivity (Wildman–Crippen MR) is 121 cm³/mol. The molecule has 0 radical (unpaired) electrons. The first-order chi connectivity index (χ1) is 14.0. The summed E-state index contributed by atoms with van der Waals surface area (Å²) >= 11 is 6.59. The van der Waals surface area contributed by atoms with Gasteiger partial charge in [0.25, 0.3) is 10.2 Å². The zero-order chi connectivity index (χ0) is 22.2. The van der Waals surface area contributed by atoms with E-state index in [1.54, 1.807) is 31.2 Å². The van der Waals surface area contributed by atoms with Gasteiger partial charge in [-0.05, 0) is 43.5 Å². The van der Waals surface area contributed by atoms with Gasteiger partial charge in [0.15, 0.2) is 0 Å². The minimum absolute atomic E-state index is 0.138. The highest BCUT2D eigenvalue weighted by Crippen LogP contribution is 2.37. The molecule has 1 unspecified atom stereocenters. The Labute approximate surface area is 181 Å². The Hall–Kier alpha value is -2.61. The third kappa shape index (κ3) is 4.43. The zero-order valence-electron chi connectivity index (χ0n) is 17.2. The molecule has 0 aliphatic carbocycles. The monoisotopic (exact) mass is 445 g/mol. The molecule has 0 aliphatic heterocycles. The van der Waals surface area contributed by atoms with Gasteiger partial charge in [-0.15, -0.1) is 0 Å². The van der Waals surface area contributed by atoms with E-state index in [0.29, 0.717) is 38.8 Å². The average Bonchev–Trinajstić information content (AvgIpc) is 2.95. The average molecular weight is 446 g/mol. The standard InChI is InChI=1S/C22H24ClN3O3S/c1-12-9-10-16(13(2)11-12)22(27)21-15(4)19(23)20(25-21)14(3)17-7-5-6-8-18(17)26-30(24,28)29/h5-11,14,25-26H,1-4H3,(H2,24,28,29). The van der Waals surface area contributed by atoms with Crippen LogP contribution < -0.4 is 9.86 Å². The van der Waals surface area contributed by atoms with Crippen LogP contribution in [-0.4, -0.2) is 19.2 Å². The van der Waals surface area contributed by atoms with Gasteiger partial charge in [0.2, 0.25) is 5.78 Å². The number of nitrogens with one attached hydrogen (secondary N) is 2. The van der Waals surface area contributed by atoms with Crippen molar-refractivity contribution in [1.29, 1.82) is 0 Å². The van der Waals surface area contributed by atoms with E-state index in [-0.39, 0.29) is 11.7 Å². The number of nitrogens with two attached hydrogens (primary N) is 1. The number of carbonyl (C=O) groups is 1. The highest BCUT2D eigenvalue weighted by Gasteiger charge is 2.25. The second-order valence-electron chi connectivity index (χ2n) is 7.46. The number of anilines is 1. The maximum Gasteiger partial charge on any atom is 0.296 e. The van der Waals surface area contributed by atoms with Crippen molar-refractivity contribution >= 4 is 33.3 Å². The largest absolute Gasteiger partial charge is 0.354 e. The van der Waals surface area contributed by atoms with E-state index < -0.39 is 10.2 Å². The molecule has 4 N–H and O–H groups in total. The lowest BCUT2D eigenvalue weighted by molar-refractivity contribution is 0.103. The molecule has 30 heavy (non-hydrogen) atoms. The Bertz CT molecular complexity index is 1230. The fraction of sp³-hybridized carbons (Fsp3) is 0.227. The van der Waals surface area contributed by atoms with E-state index >= 15 is 0 Å². The molecule has 1 atom stereocenters. The van der Waals surface area contributed by atoms with Crippen molar-refractivity contribution in [2.24, 2.45) is 5.14 Å². The number of hydrogen-bond acceptors (Lipinski definition) is 3. The lowest BCUT2D eigenvalue weighted by Crippen LogP contribution is -2.22. The number of benzene rings is 2. The van der Waals surface area contributed by atoms with Crippen LogP contribution in [0.5, 0.6) is 0 Å². The normalized spacial score (nSPS) is 12.6. The number of H-pyrrole nitrogens is 1. The van der Waals surface area contributed by atoms with Gasteiger partial charge in [-0.1, -0.05) is 60.5 Å². The summed E-state index contributed by atoms with van der Waals surface area (Å²) in [5, 5.41) is 5.59. The summed E-state index contributed by atoms with van der Waals surface area (Å²) < 4.78 is 25.4. The van der Waals surface area contributed by atoms with Crippen molar-refractivity contribution in [1.82, 2.24) is 4.98 Å². The smallest absolute Gasteiger partial charge is 0.296 e. The Morgan fingerprint density at radius 2 is 1.80 bits per heavy atom. The van der Waals surface area contributed by atoms with Crippen molar-refractivity contribution in [3.8, 4) is 0 Å². The van der Waals surface area contributed by atoms with E-state index in [1.165, 1.54) is 0 Å². The van der Waals surface area contributed by atoms with Crippen molar-refractivity contribution < 1.29 is 13.2 Å². The first-order valence-corrected chi connectivity index (χ1v) is 11.3. The topological polar surface area (TPSA) is 105 Å². The highest BCUT2D eigenvalue weighted by atomic mass is 35.5. The van der Waals surface area contributed by atoms with E-state index in [1.807, 2.05) is 39.0 Å². The zero-order valence-corrected chi connectivity index (χ0v) is 18.8. The van der Waals surface area contributed by atoms with Crippen LogP contribution in [0.25, 0.3) is 0 Å². The number of carbonyl (C=O) groups excluding carboxylic acids is 1. The molecule has 2 aromatic carbocycles. The summed E-state index contributed by atoms with van der Waals surface area (Å²) in [6.07, 6.45) is 0. The Morgan fingerprint density at radius 3 is 2.43 bits per heavy atom. The van der Waals surface area contributed by atoms with Gasteiger partial charge in [0.05, 0.1) is 16.4 Å². The van der Waals surface area contributed by atoms with Crippen LogP contribution in [0.15, 0.2) is 42.5 Å². The molecule has 1 heterocycles. The lowest BCUT2D eigenvalue weighted by atomic mass is 9.96. The molecule has 3 rings (SSSR count). The summed E-state index contributed by atoms with van der Waals surface area (Å²) in [6, 6.07) is 12.6. The first kappa shape index (κ1) is 22.1. The maximum absolute atomic E-state index is 13.2. The first-order valence-electron chi connectivity index (χ1n) is 9.39. The minimum Gasteiger partial charge on any atom is -0.354 e. The van der Waals surface area contributed by atoms with Crippen LogP contribution in [0.1, 0.15) is 56.8 Å².